The minimum absolute atomic E-state index is 0.356. The van der Waals surface area contributed by atoms with Crippen molar-refractivity contribution in [2.24, 2.45) is 0 Å². The Morgan fingerprint density at radius 1 is 1.30 bits per heavy atom. The van der Waals surface area contributed by atoms with Crippen LogP contribution in [0.4, 0.5) is 0 Å². The van der Waals surface area contributed by atoms with Gasteiger partial charge in [0, 0.05) is 11.1 Å². The second kappa shape index (κ2) is 8.01. The first kappa shape index (κ1) is 16.7. The van der Waals surface area contributed by atoms with Crippen molar-refractivity contribution in [2.45, 2.75) is 26.0 Å². The third kappa shape index (κ3) is 4.61. The molecule has 1 aromatic carbocycles. The number of ether oxygens (including phenoxy) is 2. The highest BCUT2D eigenvalue weighted by Gasteiger charge is 2.25. The lowest BCUT2D eigenvalue weighted by atomic mass is 10.1. The van der Waals surface area contributed by atoms with Crippen LogP contribution in [0.15, 0.2) is 28.7 Å². The van der Waals surface area contributed by atoms with Crippen LogP contribution in [0.3, 0.4) is 0 Å². The maximum absolute atomic E-state index is 12.0. The molecule has 0 bridgehead atoms. The van der Waals surface area contributed by atoms with Crippen molar-refractivity contribution < 1.29 is 19.1 Å². The van der Waals surface area contributed by atoms with Gasteiger partial charge in [-0.1, -0.05) is 28.1 Å². The van der Waals surface area contributed by atoms with Crippen molar-refractivity contribution in [3.8, 4) is 0 Å². The number of methoxy groups -OCH3 is 1. The maximum atomic E-state index is 12.0. The number of halogens is 1. The Morgan fingerprint density at radius 2 is 1.90 bits per heavy atom. The smallest absolute Gasteiger partial charge is 0.333 e. The van der Waals surface area contributed by atoms with Crippen LogP contribution in [0, 0.1) is 0 Å². The molecule has 20 heavy (non-hydrogen) atoms. The number of rotatable bonds is 6. The average Bonchev–Trinajstić information content (AvgIpc) is 2.45. The number of hydrogen-bond acceptors (Lipinski definition) is 4. The first-order valence-electron chi connectivity index (χ1n) is 6.24. The molecule has 0 spiro atoms. The Labute approximate surface area is 126 Å². The van der Waals surface area contributed by atoms with E-state index in [-0.39, 0.29) is 5.91 Å². The van der Waals surface area contributed by atoms with Crippen LogP contribution in [-0.4, -0.2) is 31.7 Å². The van der Waals surface area contributed by atoms with Gasteiger partial charge in [-0.3, -0.25) is 4.79 Å². The topological polar surface area (TPSA) is 64.6 Å². The quantitative estimate of drug-likeness (QED) is 0.804. The number of nitrogens with one attached hydrogen (secondary N) is 1. The Kier molecular flexibility index (Phi) is 6.67. The van der Waals surface area contributed by atoms with E-state index < -0.39 is 18.1 Å². The van der Waals surface area contributed by atoms with E-state index in [1.54, 1.807) is 38.1 Å². The van der Waals surface area contributed by atoms with E-state index >= 15 is 0 Å². The summed E-state index contributed by atoms with van der Waals surface area (Å²) in [7, 11) is 1.28. The van der Waals surface area contributed by atoms with Gasteiger partial charge < -0.3 is 14.8 Å². The molecule has 0 aromatic heterocycles. The number of hydrogen-bond donors (Lipinski definition) is 1. The van der Waals surface area contributed by atoms with Gasteiger partial charge in [0.1, 0.15) is 6.10 Å². The molecule has 2 atom stereocenters. The van der Waals surface area contributed by atoms with E-state index in [1.165, 1.54) is 7.11 Å². The van der Waals surface area contributed by atoms with E-state index in [0.29, 0.717) is 12.2 Å². The van der Waals surface area contributed by atoms with E-state index in [9.17, 15) is 9.59 Å². The van der Waals surface area contributed by atoms with Gasteiger partial charge in [0.2, 0.25) is 5.91 Å². The zero-order valence-corrected chi connectivity index (χ0v) is 13.3. The largest absolute Gasteiger partial charge is 0.467 e. The predicted octanol–water partition coefficient (Wildman–Crippen LogP) is 2.20. The van der Waals surface area contributed by atoms with Crippen LogP contribution in [0.25, 0.3) is 0 Å². The van der Waals surface area contributed by atoms with Crippen molar-refractivity contribution in [1.29, 1.82) is 0 Å². The van der Waals surface area contributed by atoms with E-state index in [0.717, 1.165) is 4.47 Å². The van der Waals surface area contributed by atoms with Crippen LogP contribution >= 0.6 is 15.9 Å². The molecule has 1 amide bonds. The molecular formula is C14H18BrNO4. The first-order chi connectivity index (χ1) is 9.49. The van der Waals surface area contributed by atoms with Gasteiger partial charge in [-0.15, -0.1) is 0 Å². The van der Waals surface area contributed by atoms with E-state index in [4.69, 9.17) is 9.47 Å². The van der Waals surface area contributed by atoms with Crippen LogP contribution in [0.5, 0.6) is 0 Å². The van der Waals surface area contributed by atoms with Crippen molar-refractivity contribution in [3.63, 3.8) is 0 Å². The van der Waals surface area contributed by atoms with E-state index in [2.05, 4.69) is 21.2 Å². The molecule has 0 saturated carbocycles. The van der Waals surface area contributed by atoms with Crippen LogP contribution in [0.1, 0.15) is 25.5 Å². The lowest BCUT2D eigenvalue weighted by Crippen LogP contribution is -2.40. The van der Waals surface area contributed by atoms with Crippen molar-refractivity contribution >= 4 is 27.8 Å². The van der Waals surface area contributed by atoms with Gasteiger partial charge in [-0.2, -0.15) is 0 Å². The normalized spacial score (nSPS) is 13.4. The number of amides is 1. The number of carbonyl (C=O) groups excluding carboxylic acids is 2. The third-order valence-corrected chi connectivity index (χ3v) is 3.24. The van der Waals surface area contributed by atoms with Crippen LogP contribution in [0.2, 0.25) is 0 Å². The molecule has 1 aromatic rings. The Bertz CT molecular complexity index is 461. The summed E-state index contributed by atoms with van der Waals surface area (Å²) in [5.74, 6) is -0.880. The first-order valence-corrected chi connectivity index (χ1v) is 7.04. The van der Waals surface area contributed by atoms with Crippen molar-refractivity contribution in [2.75, 3.05) is 13.7 Å². The zero-order valence-electron chi connectivity index (χ0n) is 11.7. The summed E-state index contributed by atoms with van der Waals surface area (Å²) in [6.07, 6.45) is -0.623. The summed E-state index contributed by atoms with van der Waals surface area (Å²) >= 11 is 3.32. The molecule has 0 aliphatic heterocycles. The van der Waals surface area contributed by atoms with Gasteiger partial charge in [-0.05, 0) is 31.5 Å². The Balaban J connectivity index is 2.88. The summed E-state index contributed by atoms with van der Waals surface area (Å²) < 4.78 is 10.8. The molecule has 6 heteroatoms. The predicted molar refractivity (Wildman–Crippen MR) is 78.1 cm³/mol. The molecule has 0 saturated heterocycles. The molecular weight excluding hydrogens is 326 g/mol. The SMILES string of the molecule is CCO[C@H](C)C(=O)N[C@H](C(=O)OC)c1ccc(Br)cc1. The molecule has 110 valence electrons. The number of carbonyl (C=O) groups is 2. The molecule has 0 unspecified atom stereocenters. The minimum atomic E-state index is -0.844. The molecule has 5 nitrogen and oxygen atoms in total. The van der Waals surface area contributed by atoms with Gasteiger partial charge in [0.15, 0.2) is 6.04 Å². The fourth-order valence-electron chi connectivity index (χ4n) is 1.64. The van der Waals surface area contributed by atoms with E-state index in [1.807, 2.05) is 0 Å². The summed E-state index contributed by atoms with van der Waals surface area (Å²) in [4.78, 5) is 23.8. The second-order valence-corrected chi connectivity index (χ2v) is 5.03. The number of esters is 1. The highest BCUT2D eigenvalue weighted by Crippen LogP contribution is 2.18. The molecule has 1 rings (SSSR count). The lowest BCUT2D eigenvalue weighted by Gasteiger charge is -2.19. The Morgan fingerprint density at radius 3 is 2.40 bits per heavy atom. The highest BCUT2D eigenvalue weighted by molar-refractivity contribution is 9.10. The van der Waals surface area contributed by atoms with Gasteiger partial charge in [-0.25, -0.2) is 4.79 Å². The highest BCUT2D eigenvalue weighted by atomic mass is 79.9. The second-order valence-electron chi connectivity index (χ2n) is 4.11. The maximum Gasteiger partial charge on any atom is 0.333 e. The van der Waals surface area contributed by atoms with Gasteiger partial charge >= 0.3 is 5.97 Å². The molecule has 1 N–H and O–H groups in total. The summed E-state index contributed by atoms with van der Waals surface area (Å²) in [6, 6.07) is 6.24. The number of benzene rings is 1. The van der Waals surface area contributed by atoms with Crippen LogP contribution in [-0.2, 0) is 19.1 Å². The molecule has 0 aliphatic rings. The minimum Gasteiger partial charge on any atom is -0.467 e. The van der Waals surface area contributed by atoms with Crippen molar-refractivity contribution in [3.05, 3.63) is 34.3 Å². The molecule has 0 aliphatic carbocycles. The summed E-state index contributed by atoms with van der Waals surface area (Å²) in [5, 5.41) is 2.63. The zero-order chi connectivity index (χ0) is 15.1. The van der Waals surface area contributed by atoms with Crippen LogP contribution < -0.4 is 5.32 Å². The Hall–Kier alpha value is -1.40. The standard InChI is InChI=1S/C14H18BrNO4/c1-4-20-9(2)13(17)16-12(14(18)19-3)10-5-7-11(15)8-6-10/h5-9,12H,4H2,1-3H3,(H,16,17)/t9-,12+/m1/s1. The fourth-order valence-corrected chi connectivity index (χ4v) is 1.90. The van der Waals surface area contributed by atoms with Gasteiger partial charge in [0.25, 0.3) is 0 Å². The van der Waals surface area contributed by atoms with Crippen molar-refractivity contribution in [1.82, 2.24) is 5.32 Å². The summed E-state index contributed by atoms with van der Waals surface area (Å²) in [5.41, 5.74) is 0.650. The molecule has 0 heterocycles. The monoisotopic (exact) mass is 343 g/mol. The van der Waals surface area contributed by atoms with Gasteiger partial charge in [0.05, 0.1) is 7.11 Å². The third-order valence-electron chi connectivity index (χ3n) is 2.71. The lowest BCUT2D eigenvalue weighted by molar-refractivity contribution is -0.147. The average molecular weight is 344 g/mol. The fraction of sp³-hybridized carbons (Fsp3) is 0.429. The molecule has 0 radical (unpaired) electrons. The molecule has 0 fully saturated rings. The summed E-state index contributed by atoms with van der Waals surface area (Å²) in [6.45, 7) is 3.86.